The van der Waals surface area contributed by atoms with E-state index >= 15 is 0 Å². The third kappa shape index (κ3) is 3.77. The predicted octanol–water partition coefficient (Wildman–Crippen LogP) is 0.911. The van der Waals surface area contributed by atoms with Gasteiger partial charge in [0, 0.05) is 6.42 Å². The Hall–Kier alpha value is -1.46. The second-order valence-electron chi connectivity index (χ2n) is 5.26. The normalized spacial score (nSPS) is 23.9. The molecule has 4 nitrogen and oxygen atoms in total. The molecule has 1 aliphatic rings. The van der Waals surface area contributed by atoms with Crippen molar-refractivity contribution in [3.05, 3.63) is 35.9 Å². The molecule has 3 atom stereocenters. The van der Waals surface area contributed by atoms with Gasteiger partial charge in [-0.25, -0.2) is 4.39 Å². The Morgan fingerprint density at radius 1 is 1.40 bits per heavy atom. The smallest absolute Gasteiger partial charge is 0.225 e. The monoisotopic (exact) mass is 281 g/mol. The quantitative estimate of drug-likeness (QED) is 0.843. The summed E-state index contributed by atoms with van der Waals surface area (Å²) in [5.41, 5.74) is 0.955. The van der Waals surface area contributed by atoms with Crippen molar-refractivity contribution in [2.24, 2.45) is 0 Å². The molecule has 5 heteroatoms. The van der Waals surface area contributed by atoms with E-state index in [1.807, 2.05) is 30.3 Å². The van der Waals surface area contributed by atoms with E-state index in [9.17, 15) is 14.3 Å². The Morgan fingerprint density at radius 3 is 2.75 bits per heavy atom. The van der Waals surface area contributed by atoms with Crippen LogP contribution in [0.15, 0.2) is 30.3 Å². The zero-order chi connectivity index (χ0) is 14.5. The second-order valence-corrected chi connectivity index (χ2v) is 5.26. The van der Waals surface area contributed by atoms with Crippen LogP contribution >= 0.6 is 0 Å². The first kappa shape index (κ1) is 14.9. The van der Waals surface area contributed by atoms with Crippen molar-refractivity contribution in [2.45, 2.75) is 37.6 Å². The minimum absolute atomic E-state index is 0.0160. The molecule has 110 valence electrons. The average Bonchev–Trinajstić information content (AvgIpc) is 2.81. The molecule has 1 aromatic rings. The highest BCUT2D eigenvalue weighted by Gasteiger charge is 2.35. The van der Waals surface area contributed by atoms with Gasteiger partial charge >= 0.3 is 0 Å². The number of nitrogens with zero attached hydrogens (tertiary/aromatic N) is 1. The number of carbonyl (C=O) groups is 1. The molecule has 1 aliphatic heterocycles. The minimum Gasteiger partial charge on any atom is -0.394 e. The number of hydrogen-bond donors (Lipinski definition) is 2. The number of amides is 1. The molecule has 0 aromatic heterocycles. The first-order valence-corrected chi connectivity index (χ1v) is 6.86. The number of likely N-dealkylation sites (tertiary alicyclic amines) is 1. The highest BCUT2D eigenvalue weighted by molar-refractivity contribution is 5.77. The fourth-order valence-corrected chi connectivity index (χ4v) is 2.62. The number of halogens is 1. The number of alkyl halides is 1. The van der Waals surface area contributed by atoms with Crippen LogP contribution in [-0.4, -0.2) is 52.5 Å². The third-order valence-corrected chi connectivity index (χ3v) is 3.62. The van der Waals surface area contributed by atoms with E-state index in [1.165, 1.54) is 4.90 Å². The zero-order valence-corrected chi connectivity index (χ0v) is 11.3. The number of benzene rings is 1. The fraction of sp³-hybridized carbons (Fsp3) is 0.533. The topological polar surface area (TPSA) is 60.8 Å². The van der Waals surface area contributed by atoms with Crippen LogP contribution in [0.25, 0.3) is 0 Å². The van der Waals surface area contributed by atoms with E-state index in [2.05, 4.69) is 0 Å². The summed E-state index contributed by atoms with van der Waals surface area (Å²) in [6.07, 6.45) is -1.34. The standard InChI is InChI=1S/C15H20FNO3/c16-12-7-13(10-18)17(9-12)15(20)8-14(19)6-11-4-2-1-3-5-11/h1-5,12-14,18-19H,6-10H2. The van der Waals surface area contributed by atoms with E-state index in [-0.39, 0.29) is 31.9 Å². The Balaban J connectivity index is 1.87. The van der Waals surface area contributed by atoms with Gasteiger partial charge in [0.2, 0.25) is 5.91 Å². The lowest BCUT2D eigenvalue weighted by molar-refractivity contribution is -0.134. The van der Waals surface area contributed by atoms with Crippen molar-refractivity contribution in [2.75, 3.05) is 13.2 Å². The lowest BCUT2D eigenvalue weighted by Crippen LogP contribution is -2.39. The Kier molecular flexibility index (Phi) is 5.09. The van der Waals surface area contributed by atoms with Crippen molar-refractivity contribution in [1.82, 2.24) is 4.90 Å². The van der Waals surface area contributed by atoms with Gasteiger partial charge in [0.05, 0.1) is 31.7 Å². The number of aliphatic hydroxyl groups is 2. The zero-order valence-electron chi connectivity index (χ0n) is 11.3. The molecule has 0 aliphatic carbocycles. The largest absolute Gasteiger partial charge is 0.394 e. The molecular weight excluding hydrogens is 261 g/mol. The van der Waals surface area contributed by atoms with Gasteiger partial charge in [-0.05, 0) is 12.0 Å². The van der Waals surface area contributed by atoms with Gasteiger partial charge in [0.15, 0.2) is 0 Å². The molecule has 1 fully saturated rings. The lowest BCUT2D eigenvalue weighted by atomic mass is 10.1. The number of rotatable bonds is 5. The third-order valence-electron chi connectivity index (χ3n) is 3.62. The number of aliphatic hydroxyl groups excluding tert-OH is 2. The van der Waals surface area contributed by atoms with E-state index < -0.39 is 18.3 Å². The molecule has 0 radical (unpaired) electrons. The SMILES string of the molecule is O=C(CC(O)Cc1ccccc1)N1CC(F)CC1CO. The van der Waals surface area contributed by atoms with Crippen LogP contribution < -0.4 is 0 Å². The molecule has 1 amide bonds. The number of hydrogen-bond acceptors (Lipinski definition) is 3. The molecule has 20 heavy (non-hydrogen) atoms. The molecule has 0 saturated carbocycles. The molecule has 1 saturated heterocycles. The van der Waals surface area contributed by atoms with Crippen molar-refractivity contribution in [3.63, 3.8) is 0 Å². The van der Waals surface area contributed by atoms with Gasteiger partial charge in [-0.1, -0.05) is 30.3 Å². The Bertz CT molecular complexity index is 440. The van der Waals surface area contributed by atoms with Crippen LogP contribution in [0.1, 0.15) is 18.4 Å². The number of carbonyl (C=O) groups excluding carboxylic acids is 1. The maximum Gasteiger partial charge on any atom is 0.225 e. The van der Waals surface area contributed by atoms with Crippen LogP contribution in [0.4, 0.5) is 4.39 Å². The van der Waals surface area contributed by atoms with Crippen LogP contribution in [-0.2, 0) is 11.2 Å². The van der Waals surface area contributed by atoms with Crippen LogP contribution in [0.3, 0.4) is 0 Å². The minimum atomic E-state index is -1.08. The highest BCUT2D eigenvalue weighted by atomic mass is 19.1. The van der Waals surface area contributed by atoms with Crippen molar-refractivity contribution in [3.8, 4) is 0 Å². The molecule has 3 unspecified atom stereocenters. The summed E-state index contributed by atoms with van der Waals surface area (Å²) in [6, 6.07) is 8.95. The summed E-state index contributed by atoms with van der Waals surface area (Å²) in [5.74, 6) is -0.298. The molecule has 2 N–H and O–H groups in total. The van der Waals surface area contributed by atoms with Crippen LogP contribution in [0, 0.1) is 0 Å². The van der Waals surface area contributed by atoms with E-state index in [4.69, 9.17) is 5.11 Å². The van der Waals surface area contributed by atoms with Gasteiger partial charge in [-0.15, -0.1) is 0 Å². The first-order chi connectivity index (χ1) is 9.60. The van der Waals surface area contributed by atoms with Crippen molar-refractivity contribution < 1.29 is 19.4 Å². The summed E-state index contributed by atoms with van der Waals surface area (Å²) in [6.45, 7) is -0.219. The van der Waals surface area contributed by atoms with E-state index in [0.29, 0.717) is 6.42 Å². The first-order valence-electron chi connectivity index (χ1n) is 6.86. The van der Waals surface area contributed by atoms with Gasteiger partial charge < -0.3 is 15.1 Å². The fourth-order valence-electron chi connectivity index (χ4n) is 2.62. The Labute approximate surface area is 117 Å². The van der Waals surface area contributed by atoms with Gasteiger partial charge in [0.25, 0.3) is 0 Å². The summed E-state index contributed by atoms with van der Waals surface area (Å²) in [4.78, 5) is 13.4. The molecule has 0 spiro atoms. The predicted molar refractivity (Wildman–Crippen MR) is 72.9 cm³/mol. The van der Waals surface area contributed by atoms with Crippen LogP contribution in [0.5, 0.6) is 0 Å². The van der Waals surface area contributed by atoms with Gasteiger partial charge in [-0.2, -0.15) is 0 Å². The van der Waals surface area contributed by atoms with Crippen molar-refractivity contribution >= 4 is 5.91 Å². The molecule has 1 aromatic carbocycles. The molecular formula is C15H20FNO3. The summed E-state index contributed by atoms with van der Waals surface area (Å²) in [5, 5.41) is 19.1. The summed E-state index contributed by atoms with van der Waals surface area (Å²) >= 11 is 0. The molecule has 0 bridgehead atoms. The second kappa shape index (κ2) is 6.81. The maximum absolute atomic E-state index is 13.3. The van der Waals surface area contributed by atoms with E-state index in [0.717, 1.165) is 5.56 Å². The van der Waals surface area contributed by atoms with Crippen molar-refractivity contribution in [1.29, 1.82) is 0 Å². The molecule has 1 heterocycles. The Morgan fingerprint density at radius 2 is 2.10 bits per heavy atom. The lowest BCUT2D eigenvalue weighted by Gasteiger charge is -2.23. The van der Waals surface area contributed by atoms with Gasteiger partial charge in [-0.3, -0.25) is 4.79 Å². The summed E-state index contributed by atoms with van der Waals surface area (Å²) < 4.78 is 13.3. The average molecular weight is 281 g/mol. The summed E-state index contributed by atoms with van der Waals surface area (Å²) in [7, 11) is 0. The highest BCUT2D eigenvalue weighted by Crippen LogP contribution is 2.21. The van der Waals surface area contributed by atoms with Gasteiger partial charge in [0.1, 0.15) is 6.17 Å². The van der Waals surface area contributed by atoms with Crippen LogP contribution in [0.2, 0.25) is 0 Å². The maximum atomic E-state index is 13.3. The van der Waals surface area contributed by atoms with E-state index in [1.54, 1.807) is 0 Å². The molecule has 2 rings (SSSR count).